The van der Waals surface area contributed by atoms with Crippen LogP contribution in [-0.2, 0) is 0 Å². The number of phenols is 1. The number of aromatic hydroxyl groups is 1. The molecule has 0 aliphatic heterocycles. The lowest BCUT2D eigenvalue weighted by Gasteiger charge is -2.23. The lowest BCUT2D eigenvalue weighted by atomic mass is 9.95. The van der Waals surface area contributed by atoms with Crippen molar-refractivity contribution in [1.82, 2.24) is 5.32 Å². The molecule has 0 bridgehead atoms. The molecular formula is C13H18N2O2. The molecule has 1 aliphatic carbocycles. The van der Waals surface area contributed by atoms with Crippen LogP contribution < -0.4 is 11.1 Å². The molecule has 0 aromatic heterocycles. The van der Waals surface area contributed by atoms with Crippen LogP contribution in [0.1, 0.15) is 42.5 Å². The Hall–Kier alpha value is -1.71. The van der Waals surface area contributed by atoms with Crippen molar-refractivity contribution < 1.29 is 9.90 Å². The van der Waals surface area contributed by atoms with Gasteiger partial charge in [0, 0.05) is 6.04 Å². The Kier molecular flexibility index (Phi) is 3.52. The van der Waals surface area contributed by atoms with Gasteiger partial charge in [0.1, 0.15) is 5.75 Å². The van der Waals surface area contributed by atoms with Crippen LogP contribution in [0.5, 0.6) is 5.75 Å². The molecule has 0 saturated heterocycles. The largest absolute Gasteiger partial charge is 0.506 e. The fourth-order valence-electron chi connectivity index (χ4n) is 2.26. The lowest BCUT2D eigenvalue weighted by Crippen LogP contribution is -2.36. The first kappa shape index (κ1) is 11.8. The van der Waals surface area contributed by atoms with E-state index in [1.807, 2.05) is 0 Å². The monoisotopic (exact) mass is 234 g/mol. The van der Waals surface area contributed by atoms with Crippen molar-refractivity contribution in [3.05, 3.63) is 23.8 Å². The van der Waals surface area contributed by atoms with Gasteiger partial charge in [-0.25, -0.2) is 0 Å². The summed E-state index contributed by atoms with van der Waals surface area (Å²) in [6.07, 6.45) is 5.65. The molecule has 1 aromatic carbocycles. The van der Waals surface area contributed by atoms with Gasteiger partial charge in [0.25, 0.3) is 5.91 Å². The van der Waals surface area contributed by atoms with Crippen LogP contribution in [0.25, 0.3) is 0 Å². The van der Waals surface area contributed by atoms with Crippen LogP contribution in [0, 0.1) is 0 Å². The number of carbonyl (C=O) groups is 1. The topological polar surface area (TPSA) is 75.3 Å². The average molecular weight is 234 g/mol. The summed E-state index contributed by atoms with van der Waals surface area (Å²) in [5, 5.41) is 12.4. The molecule has 4 nitrogen and oxygen atoms in total. The number of anilines is 1. The van der Waals surface area contributed by atoms with Crippen LogP contribution in [0.3, 0.4) is 0 Å². The number of nitrogen functional groups attached to an aromatic ring is 1. The number of hydrogen-bond acceptors (Lipinski definition) is 3. The van der Waals surface area contributed by atoms with E-state index in [0.29, 0.717) is 5.56 Å². The second-order valence-electron chi connectivity index (χ2n) is 4.55. The predicted octanol–water partition coefficient (Wildman–Crippen LogP) is 2.04. The zero-order valence-corrected chi connectivity index (χ0v) is 9.78. The van der Waals surface area contributed by atoms with E-state index < -0.39 is 0 Å². The summed E-state index contributed by atoms with van der Waals surface area (Å²) in [6, 6.07) is 4.99. The number of hydrogen-bond donors (Lipinski definition) is 3. The quantitative estimate of drug-likeness (QED) is 0.541. The summed E-state index contributed by atoms with van der Waals surface area (Å²) in [7, 11) is 0. The summed E-state index contributed by atoms with van der Waals surface area (Å²) in [4.78, 5) is 12.0. The molecule has 0 radical (unpaired) electrons. The van der Waals surface area contributed by atoms with E-state index in [4.69, 9.17) is 5.73 Å². The molecule has 2 rings (SSSR count). The SMILES string of the molecule is Nc1c(O)cccc1C(=O)NC1CCCCC1. The van der Waals surface area contributed by atoms with Crippen molar-refractivity contribution in [2.45, 2.75) is 38.1 Å². The second kappa shape index (κ2) is 5.08. The highest BCUT2D eigenvalue weighted by Crippen LogP contribution is 2.24. The Balaban J connectivity index is 2.06. The molecule has 0 heterocycles. The number of para-hydroxylation sites is 1. The molecule has 1 aliphatic rings. The Morgan fingerprint density at radius 1 is 1.29 bits per heavy atom. The van der Waals surface area contributed by atoms with Gasteiger partial charge in [0.15, 0.2) is 0 Å². The van der Waals surface area contributed by atoms with E-state index in [9.17, 15) is 9.90 Å². The summed E-state index contributed by atoms with van der Waals surface area (Å²) in [5.41, 5.74) is 6.19. The molecular weight excluding hydrogens is 216 g/mol. The first-order valence-corrected chi connectivity index (χ1v) is 6.07. The highest BCUT2D eigenvalue weighted by atomic mass is 16.3. The molecule has 0 atom stereocenters. The van der Waals surface area contributed by atoms with Crippen LogP contribution >= 0.6 is 0 Å². The molecule has 0 spiro atoms. The predicted molar refractivity (Wildman–Crippen MR) is 66.9 cm³/mol. The van der Waals surface area contributed by atoms with Crippen molar-refractivity contribution in [3.63, 3.8) is 0 Å². The number of nitrogens with one attached hydrogen (secondary N) is 1. The summed E-state index contributed by atoms with van der Waals surface area (Å²) in [6.45, 7) is 0. The number of nitrogens with two attached hydrogens (primary N) is 1. The van der Waals surface area contributed by atoms with Gasteiger partial charge in [0.2, 0.25) is 0 Å². The normalized spacial score (nSPS) is 16.7. The number of phenolic OH excluding ortho intramolecular Hbond substituents is 1. The summed E-state index contributed by atoms with van der Waals surface area (Å²) >= 11 is 0. The zero-order valence-electron chi connectivity index (χ0n) is 9.78. The molecule has 1 saturated carbocycles. The highest BCUT2D eigenvalue weighted by Gasteiger charge is 2.18. The van der Waals surface area contributed by atoms with Gasteiger partial charge in [-0.1, -0.05) is 25.3 Å². The molecule has 1 fully saturated rings. The standard InChI is InChI=1S/C13H18N2O2/c14-12-10(7-4-8-11(12)16)13(17)15-9-5-2-1-3-6-9/h4,7-9,16H,1-3,5-6,14H2,(H,15,17). The van der Waals surface area contributed by atoms with E-state index in [-0.39, 0.29) is 23.4 Å². The third-order valence-electron chi connectivity index (χ3n) is 3.27. The molecule has 4 N–H and O–H groups in total. The van der Waals surface area contributed by atoms with Crippen molar-refractivity contribution in [2.75, 3.05) is 5.73 Å². The third-order valence-corrected chi connectivity index (χ3v) is 3.27. The number of rotatable bonds is 2. The van der Waals surface area contributed by atoms with Crippen molar-refractivity contribution in [1.29, 1.82) is 0 Å². The number of carbonyl (C=O) groups excluding carboxylic acids is 1. The van der Waals surface area contributed by atoms with Crippen LogP contribution in [0.2, 0.25) is 0 Å². The first-order chi connectivity index (χ1) is 8.18. The highest BCUT2D eigenvalue weighted by molar-refractivity contribution is 6.00. The summed E-state index contributed by atoms with van der Waals surface area (Å²) in [5.74, 6) is -0.230. The number of amides is 1. The average Bonchev–Trinajstić information content (AvgIpc) is 2.34. The summed E-state index contributed by atoms with van der Waals surface area (Å²) < 4.78 is 0. The van der Waals surface area contributed by atoms with Gasteiger partial charge < -0.3 is 16.2 Å². The van der Waals surface area contributed by atoms with Gasteiger partial charge >= 0.3 is 0 Å². The Bertz CT molecular complexity index is 412. The van der Waals surface area contributed by atoms with Gasteiger partial charge in [-0.05, 0) is 25.0 Å². The zero-order chi connectivity index (χ0) is 12.3. The fourth-order valence-corrected chi connectivity index (χ4v) is 2.26. The molecule has 0 unspecified atom stereocenters. The van der Waals surface area contributed by atoms with E-state index in [1.54, 1.807) is 12.1 Å². The maximum absolute atomic E-state index is 12.0. The lowest BCUT2D eigenvalue weighted by molar-refractivity contribution is 0.0928. The molecule has 1 aromatic rings. The van der Waals surface area contributed by atoms with Gasteiger partial charge in [-0.3, -0.25) is 4.79 Å². The smallest absolute Gasteiger partial charge is 0.253 e. The molecule has 17 heavy (non-hydrogen) atoms. The molecule has 4 heteroatoms. The van der Waals surface area contributed by atoms with E-state index in [2.05, 4.69) is 5.32 Å². The first-order valence-electron chi connectivity index (χ1n) is 6.07. The van der Waals surface area contributed by atoms with E-state index >= 15 is 0 Å². The minimum atomic E-state index is -0.190. The minimum Gasteiger partial charge on any atom is -0.506 e. The Morgan fingerprint density at radius 2 is 2.00 bits per heavy atom. The maximum atomic E-state index is 12.0. The van der Waals surface area contributed by atoms with Crippen LogP contribution in [-0.4, -0.2) is 17.1 Å². The number of benzene rings is 1. The van der Waals surface area contributed by atoms with Crippen LogP contribution in [0.15, 0.2) is 18.2 Å². The van der Waals surface area contributed by atoms with E-state index in [0.717, 1.165) is 12.8 Å². The third kappa shape index (κ3) is 2.70. The van der Waals surface area contributed by atoms with Crippen molar-refractivity contribution in [3.8, 4) is 5.75 Å². The van der Waals surface area contributed by atoms with Gasteiger partial charge in [-0.2, -0.15) is 0 Å². The van der Waals surface area contributed by atoms with E-state index in [1.165, 1.54) is 25.3 Å². The molecule has 92 valence electrons. The van der Waals surface area contributed by atoms with Gasteiger partial charge in [-0.15, -0.1) is 0 Å². The van der Waals surface area contributed by atoms with Crippen molar-refractivity contribution in [2.24, 2.45) is 0 Å². The minimum absolute atomic E-state index is 0.0405. The van der Waals surface area contributed by atoms with Gasteiger partial charge in [0.05, 0.1) is 11.3 Å². The van der Waals surface area contributed by atoms with Crippen LogP contribution in [0.4, 0.5) is 5.69 Å². The Morgan fingerprint density at radius 3 is 2.71 bits per heavy atom. The second-order valence-corrected chi connectivity index (χ2v) is 4.55. The maximum Gasteiger partial charge on any atom is 0.253 e. The van der Waals surface area contributed by atoms with Crippen molar-refractivity contribution >= 4 is 11.6 Å². The Labute approximate surface area is 101 Å². The molecule has 1 amide bonds. The fraction of sp³-hybridized carbons (Fsp3) is 0.462.